The molecule has 10 heteroatoms. The second-order valence-corrected chi connectivity index (χ2v) is 13.6. The lowest BCUT2D eigenvalue weighted by atomic mass is 9.89. The number of carbonyl (C=O) groups is 2. The van der Waals surface area contributed by atoms with Crippen LogP contribution < -0.4 is 14.8 Å². The maximum absolute atomic E-state index is 12.4. The molecule has 6 rings (SSSR count). The molecule has 0 saturated carbocycles. The minimum absolute atomic E-state index is 0.0173. The van der Waals surface area contributed by atoms with Crippen LogP contribution in [0.1, 0.15) is 66.5 Å². The van der Waals surface area contributed by atoms with Gasteiger partial charge in [0.2, 0.25) is 0 Å². The first-order chi connectivity index (χ1) is 25.1. The van der Waals surface area contributed by atoms with E-state index >= 15 is 0 Å². The van der Waals surface area contributed by atoms with E-state index < -0.39 is 18.4 Å². The standard InChI is InChI=1S/C42H48N2O8/c1-26-39(24-44-17-16-34-20-37(48-4)38(49-5)21-36(34)23-44)51-42(52-40(26)31-14-12-29(25-45)13-15-31)35-11-7-10-33(19-35)32-9-6-8-30(18-32)22-43-41(47)27(2)50-28(3)46/h6-15,18-21,26-27,39-40,42,45H,16-17,22-25H2,1-5H3,(H,43,47)/t26-,27+,39+,40+,42+/m1/s1. The summed E-state index contributed by atoms with van der Waals surface area (Å²) < 4.78 is 29.8. The highest BCUT2D eigenvalue weighted by atomic mass is 16.7. The predicted octanol–water partition coefficient (Wildman–Crippen LogP) is 6.28. The molecule has 52 heavy (non-hydrogen) atoms. The van der Waals surface area contributed by atoms with Crippen molar-refractivity contribution in [1.82, 2.24) is 10.2 Å². The Labute approximate surface area is 305 Å². The van der Waals surface area contributed by atoms with Crippen LogP contribution in [-0.2, 0) is 49.9 Å². The Morgan fingerprint density at radius 2 is 1.58 bits per heavy atom. The molecule has 1 fully saturated rings. The van der Waals surface area contributed by atoms with Gasteiger partial charge in [0.15, 0.2) is 23.9 Å². The zero-order valence-corrected chi connectivity index (χ0v) is 30.5. The molecule has 0 aromatic heterocycles. The quantitative estimate of drug-likeness (QED) is 0.164. The Morgan fingerprint density at radius 3 is 2.27 bits per heavy atom. The number of hydrogen-bond donors (Lipinski definition) is 2. The summed E-state index contributed by atoms with van der Waals surface area (Å²) in [6.07, 6.45) is -0.945. The fourth-order valence-electron chi connectivity index (χ4n) is 7.04. The zero-order valence-electron chi connectivity index (χ0n) is 30.5. The fourth-order valence-corrected chi connectivity index (χ4v) is 7.04. The van der Waals surface area contributed by atoms with Gasteiger partial charge in [0.1, 0.15) is 0 Å². The second kappa shape index (κ2) is 16.7. The van der Waals surface area contributed by atoms with Crippen LogP contribution in [0.3, 0.4) is 0 Å². The van der Waals surface area contributed by atoms with E-state index in [4.69, 9.17) is 23.7 Å². The highest BCUT2D eigenvalue weighted by Crippen LogP contribution is 2.43. The minimum Gasteiger partial charge on any atom is -0.493 e. The van der Waals surface area contributed by atoms with Gasteiger partial charge in [-0.3, -0.25) is 14.5 Å². The third-order valence-corrected chi connectivity index (χ3v) is 9.96. The Morgan fingerprint density at radius 1 is 0.885 bits per heavy atom. The molecule has 0 bridgehead atoms. The van der Waals surface area contributed by atoms with Crippen LogP contribution in [-0.4, -0.2) is 61.4 Å². The lowest BCUT2D eigenvalue weighted by Gasteiger charge is -2.43. The summed E-state index contributed by atoms with van der Waals surface area (Å²) in [6, 6.07) is 28.3. The van der Waals surface area contributed by atoms with Crippen LogP contribution in [0.25, 0.3) is 11.1 Å². The van der Waals surface area contributed by atoms with Gasteiger partial charge in [0, 0.05) is 44.6 Å². The summed E-state index contributed by atoms with van der Waals surface area (Å²) in [5, 5.41) is 12.5. The van der Waals surface area contributed by atoms with Gasteiger partial charge in [-0.1, -0.05) is 67.6 Å². The first-order valence-electron chi connectivity index (χ1n) is 17.8. The zero-order chi connectivity index (χ0) is 36.8. The molecule has 2 aliphatic rings. The minimum atomic E-state index is -0.866. The maximum Gasteiger partial charge on any atom is 0.303 e. The number of carbonyl (C=O) groups excluding carboxylic acids is 2. The number of benzene rings is 4. The highest BCUT2D eigenvalue weighted by molar-refractivity contribution is 5.82. The summed E-state index contributed by atoms with van der Waals surface area (Å²) >= 11 is 0. The van der Waals surface area contributed by atoms with Crippen molar-refractivity contribution in [2.45, 2.75) is 71.5 Å². The smallest absolute Gasteiger partial charge is 0.303 e. The van der Waals surface area contributed by atoms with Gasteiger partial charge in [-0.25, -0.2) is 0 Å². The molecule has 0 aliphatic carbocycles. The first-order valence-corrected chi connectivity index (χ1v) is 17.8. The van der Waals surface area contributed by atoms with Gasteiger partial charge < -0.3 is 34.1 Å². The van der Waals surface area contributed by atoms with Crippen molar-refractivity contribution < 1.29 is 38.4 Å². The molecule has 0 spiro atoms. The van der Waals surface area contributed by atoms with Crippen molar-refractivity contribution in [3.05, 3.63) is 118 Å². The van der Waals surface area contributed by atoms with Gasteiger partial charge >= 0.3 is 5.97 Å². The average Bonchev–Trinajstić information content (AvgIpc) is 3.17. The number of rotatable bonds is 12. The SMILES string of the molecule is COc1cc2c(cc1OC)CN(C[C@@H]1O[C@H](c3cccc(-c4cccc(CNC(=O)[C@H](C)OC(C)=O)c4)c3)O[C@H](c3ccc(CO)cc3)[C@@H]1C)CC2. The third kappa shape index (κ3) is 8.65. The van der Waals surface area contributed by atoms with Gasteiger partial charge in [0.05, 0.1) is 33.0 Å². The number of fused-ring (bicyclic) bond motifs is 1. The molecular weight excluding hydrogens is 660 g/mol. The van der Waals surface area contributed by atoms with Crippen molar-refractivity contribution >= 4 is 11.9 Å². The third-order valence-electron chi connectivity index (χ3n) is 9.96. The number of amides is 1. The summed E-state index contributed by atoms with van der Waals surface area (Å²) in [6.45, 7) is 7.69. The van der Waals surface area contributed by atoms with E-state index in [0.29, 0.717) is 6.54 Å². The molecule has 4 aromatic rings. The fraction of sp³-hybridized carbons (Fsp3) is 0.381. The number of nitrogens with one attached hydrogen (secondary N) is 1. The molecule has 4 aromatic carbocycles. The van der Waals surface area contributed by atoms with E-state index in [1.165, 1.54) is 18.1 Å². The number of aliphatic hydroxyl groups is 1. The second-order valence-electron chi connectivity index (χ2n) is 13.6. The topological polar surface area (TPSA) is 116 Å². The van der Waals surface area contributed by atoms with E-state index in [1.54, 1.807) is 21.1 Å². The highest BCUT2D eigenvalue weighted by Gasteiger charge is 2.39. The van der Waals surface area contributed by atoms with Gasteiger partial charge in [-0.15, -0.1) is 0 Å². The van der Waals surface area contributed by atoms with Gasteiger partial charge in [0.25, 0.3) is 5.91 Å². The molecule has 2 aliphatic heterocycles. The summed E-state index contributed by atoms with van der Waals surface area (Å²) in [5.41, 5.74) is 8.18. The largest absolute Gasteiger partial charge is 0.493 e. The number of aliphatic hydroxyl groups excluding tert-OH is 1. The van der Waals surface area contributed by atoms with Crippen molar-refractivity contribution in [2.24, 2.45) is 5.92 Å². The number of ether oxygens (including phenoxy) is 5. The number of nitrogens with zero attached hydrogens (tertiary/aromatic N) is 1. The Kier molecular flexibility index (Phi) is 11.9. The molecule has 2 heterocycles. The summed E-state index contributed by atoms with van der Waals surface area (Å²) in [4.78, 5) is 26.1. The average molecular weight is 709 g/mol. The lowest BCUT2D eigenvalue weighted by Crippen LogP contribution is -2.45. The van der Waals surface area contributed by atoms with E-state index in [2.05, 4.69) is 35.3 Å². The van der Waals surface area contributed by atoms with Crippen molar-refractivity contribution in [1.29, 1.82) is 0 Å². The Bertz CT molecular complexity index is 1860. The van der Waals surface area contributed by atoms with Crippen molar-refractivity contribution in [3.8, 4) is 22.6 Å². The lowest BCUT2D eigenvalue weighted by molar-refractivity contribution is -0.276. The van der Waals surface area contributed by atoms with E-state index in [0.717, 1.165) is 70.9 Å². The van der Waals surface area contributed by atoms with Crippen LogP contribution in [0.4, 0.5) is 0 Å². The van der Waals surface area contributed by atoms with E-state index in [1.807, 2.05) is 66.7 Å². The number of methoxy groups -OCH3 is 2. The summed E-state index contributed by atoms with van der Waals surface area (Å²) in [7, 11) is 3.33. The van der Waals surface area contributed by atoms with Crippen LogP contribution in [0.5, 0.6) is 11.5 Å². The first kappa shape index (κ1) is 37.0. The predicted molar refractivity (Wildman–Crippen MR) is 196 cm³/mol. The van der Waals surface area contributed by atoms with Gasteiger partial charge in [-0.2, -0.15) is 0 Å². The molecule has 1 saturated heterocycles. The van der Waals surface area contributed by atoms with E-state index in [9.17, 15) is 14.7 Å². The molecule has 10 nitrogen and oxygen atoms in total. The normalized spacial score (nSPS) is 20.7. The summed E-state index contributed by atoms with van der Waals surface area (Å²) in [5.74, 6) is 0.672. The molecule has 274 valence electrons. The Balaban J connectivity index is 1.23. The number of hydrogen-bond acceptors (Lipinski definition) is 9. The van der Waals surface area contributed by atoms with E-state index in [-0.39, 0.29) is 30.6 Å². The molecule has 1 amide bonds. The monoisotopic (exact) mass is 708 g/mol. The molecule has 0 radical (unpaired) electrons. The van der Waals surface area contributed by atoms with Crippen LogP contribution in [0.15, 0.2) is 84.9 Å². The molecule has 0 unspecified atom stereocenters. The number of esters is 1. The Hall–Kier alpha value is -4.74. The van der Waals surface area contributed by atoms with Crippen LogP contribution in [0.2, 0.25) is 0 Å². The van der Waals surface area contributed by atoms with Gasteiger partial charge in [-0.05, 0) is 76.6 Å². The maximum atomic E-state index is 12.4. The molecular formula is C42H48N2O8. The van der Waals surface area contributed by atoms with Crippen molar-refractivity contribution in [3.63, 3.8) is 0 Å². The van der Waals surface area contributed by atoms with Crippen molar-refractivity contribution in [2.75, 3.05) is 27.3 Å². The van der Waals surface area contributed by atoms with Crippen LogP contribution >= 0.6 is 0 Å². The van der Waals surface area contributed by atoms with Crippen LogP contribution in [0, 0.1) is 5.92 Å². The molecule has 2 N–H and O–H groups in total. The molecule has 5 atom stereocenters.